The van der Waals surface area contributed by atoms with Crippen LogP contribution in [0.3, 0.4) is 0 Å². The molecule has 3 rings (SSSR count). The monoisotopic (exact) mass is 254 g/mol. The Morgan fingerprint density at radius 2 is 1.84 bits per heavy atom. The summed E-state index contributed by atoms with van der Waals surface area (Å²) >= 11 is 0. The normalized spacial score (nSPS) is 14.5. The van der Waals surface area contributed by atoms with E-state index in [2.05, 4.69) is 39.3 Å². The number of hydrogen-bond acceptors (Lipinski definition) is 4. The standard InChI is InChI=1S/C14H14N4O/c15-14(17-19)13-6-5-12(7-16-13)18-8-10-3-1-2-4-11(10)9-18/h1-7,19H,8-9H2,(H2,15,17). The number of oxime groups is 1. The number of hydrogen-bond donors (Lipinski definition) is 2. The molecule has 0 unspecified atom stereocenters. The first-order valence-corrected chi connectivity index (χ1v) is 6.03. The first kappa shape index (κ1) is 11.5. The third-order valence-corrected chi connectivity index (χ3v) is 3.32. The van der Waals surface area contributed by atoms with Gasteiger partial charge in [0.05, 0.1) is 11.9 Å². The van der Waals surface area contributed by atoms with Crippen LogP contribution in [-0.4, -0.2) is 16.0 Å². The first-order valence-electron chi connectivity index (χ1n) is 6.03. The van der Waals surface area contributed by atoms with Crippen molar-refractivity contribution in [3.05, 3.63) is 59.4 Å². The second-order valence-corrected chi connectivity index (χ2v) is 4.51. The van der Waals surface area contributed by atoms with E-state index in [-0.39, 0.29) is 5.84 Å². The molecule has 1 aliphatic rings. The minimum absolute atomic E-state index is 0.0243. The lowest BCUT2D eigenvalue weighted by molar-refractivity contribution is 0.318. The number of nitrogens with zero attached hydrogens (tertiary/aromatic N) is 3. The lowest BCUT2D eigenvalue weighted by atomic mass is 10.1. The van der Waals surface area contributed by atoms with Gasteiger partial charge in [0.2, 0.25) is 0 Å². The zero-order valence-electron chi connectivity index (χ0n) is 10.3. The highest BCUT2D eigenvalue weighted by atomic mass is 16.4. The van der Waals surface area contributed by atoms with Crippen molar-refractivity contribution >= 4 is 11.5 Å². The van der Waals surface area contributed by atoms with Crippen LogP contribution in [0.15, 0.2) is 47.8 Å². The molecule has 0 radical (unpaired) electrons. The summed E-state index contributed by atoms with van der Waals surface area (Å²) in [7, 11) is 0. The quantitative estimate of drug-likeness (QED) is 0.370. The van der Waals surface area contributed by atoms with E-state index in [1.54, 1.807) is 12.3 Å². The highest BCUT2D eigenvalue weighted by Crippen LogP contribution is 2.27. The van der Waals surface area contributed by atoms with Crippen LogP contribution >= 0.6 is 0 Å². The van der Waals surface area contributed by atoms with Crippen molar-refractivity contribution in [2.45, 2.75) is 13.1 Å². The molecule has 0 fully saturated rings. The SMILES string of the molecule is N/C(=N/O)c1ccc(N2Cc3ccccc3C2)cn1. The Kier molecular flexibility index (Phi) is 2.79. The van der Waals surface area contributed by atoms with Crippen LogP contribution < -0.4 is 10.6 Å². The number of rotatable bonds is 2. The summed E-state index contributed by atoms with van der Waals surface area (Å²) < 4.78 is 0. The fraction of sp³-hybridized carbons (Fsp3) is 0.143. The Hall–Kier alpha value is -2.56. The molecule has 1 aliphatic heterocycles. The van der Waals surface area contributed by atoms with E-state index in [9.17, 15) is 0 Å². The molecule has 5 heteroatoms. The molecular formula is C14H14N4O. The zero-order valence-corrected chi connectivity index (χ0v) is 10.3. The van der Waals surface area contributed by atoms with E-state index in [1.165, 1.54) is 11.1 Å². The van der Waals surface area contributed by atoms with Crippen molar-refractivity contribution in [1.82, 2.24) is 4.98 Å². The summed E-state index contributed by atoms with van der Waals surface area (Å²) in [6, 6.07) is 12.1. The minimum Gasteiger partial charge on any atom is -0.409 e. The Morgan fingerprint density at radius 1 is 1.16 bits per heavy atom. The van der Waals surface area contributed by atoms with Gasteiger partial charge in [0.25, 0.3) is 0 Å². The first-order chi connectivity index (χ1) is 9.28. The van der Waals surface area contributed by atoms with E-state index in [4.69, 9.17) is 10.9 Å². The van der Waals surface area contributed by atoms with Crippen LogP contribution in [0.25, 0.3) is 0 Å². The van der Waals surface area contributed by atoms with Gasteiger partial charge in [-0.3, -0.25) is 4.98 Å². The molecule has 1 aromatic carbocycles. The van der Waals surface area contributed by atoms with E-state index in [0.717, 1.165) is 18.8 Å². The predicted octanol–water partition coefficient (Wildman–Crippen LogP) is 1.70. The maximum atomic E-state index is 8.60. The van der Waals surface area contributed by atoms with Crippen LogP contribution in [0.1, 0.15) is 16.8 Å². The topological polar surface area (TPSA) is 74.7 Å². The fourth-order valence-corrected chi connectivity index (χ4v) is 2.29. The molecule has 0 atom stereocenters. The molecule has 2 heterocycles. The Labute approximate surface area is 111 Å². The van der Waals surface area contributed by atoms with Crippen LogP contribution in [-0.2, 0) is 13.1 Å². The van der Waals surface area contributed by atoms with Gasteiger partial charge in [0, 0.05) is 13.1 Å². The van der Waals surface area contributed by atoms with Gasteiger partial charge in [0.1, 0.15) is 5.69 Å². The van der Waals surface area contributed by atoms with E-state index in [0.29, 0.717) is 5.69 Å². The molecular weight excluding hydrogens is 240 g/mol. The molecule has 1 aromatic heterocycles. The summed E-state index contributed by atoms with van der Waals surface area (Å²) in [5, 5.41) is 11.5. The summed E-state index contributed by atoms with van der Waals surface area (Å²) in [5.41, 5.74) is 9.70. The van der Waals surface area contributed by atoms with Gasteiger partial charge in [-0.25, -0.2) is 0 Å². The average molecular weight is 254 g/mol. The smallest absolute Gasteiger partial charge is 0.188 e. The summed E-state index contributed by atoms with van der Waals surface area (Å²) in [5.74, 6) is 0.0243. The number of fused-ring (bicyclic) bond motifs is 1. The maximum absolute atomic E-state index is 8.60. The van der Waals surface area contributed by atoms with Crippen molar-refractivity contribution in [2.24, 2.45) is 10.9 Å². The van der Waals surface area contributed by atoms with Gasteiger partial charge in [-0.05, 0) is 23.3 Å². The van der Waals surface area contributed by atoms with Crippen molar-refractivity contribution in [3.63, 3.8) is 0 Å². The number of pyridine rings is 1. The van der Waals surface area contributed by atoms with Crippen molar-refractivity contribution in [3.8, 4) is 0 Å². The van der Waals surface area contributed by atoms with E-state index in [1.807, 2.05) is 6.07 Å². The molecule has 0 spiro atoms. The Balaban J connectivity index is 1.82. The average Bonchev–Trinajstić information content (AvgIpc) is 2.90. The van der Waals surface area contributed by atoms with Gasteiger partial charge in [0.15, 0.2) is 5.84 Å². The van der Waals surface area contributed by atoms with Crippen molar-refractivity contribution < 1.29 is 5.21 Å². The number of amidine groups is 1. The largest absolute Gasteiger partial charge is 0.409 e. The molecule has 0 saturated heterocycles. The summed E-state index contributed by atoms with van der Waals surface area (Å²) in [4.78, 5) is 6.44. The van der Waals surface area contributed by atoms with Gasteiger partial charge in [-0.2, -0.15) is 0 Å². The van der Waals surface area contributed by atoms with Gasteiger partial charge < -0.3 is 15.8 Å². The van der Waals surface area contributed by atoms with Gasteiger partial charge in [-0.15, -0.1) is 0 Å². The van der Waals surface area contributed by atoms with Crippen LogP contribution in [0.4, 0.5) is 5.69 Å². The molecule has 0 aliphatic carbocycles. The third-order valence-electron chi connectivity index (χ3n) is 3.32. The second-order valence-electron chi connectivity index (χ2n) is 4.51. The molecule has 2 aromatic rings. The summed E-state index contributed by atoms with van der Waals surface area (Å²) in [6.45, 7) is 1.78. The minimum atomic E-state index is 0.0243. The zero-order chi connectivity index (χ0) is 13.2. The molecule has 3 N–H and O–H groups in total. The highest BCUT2D eigenvalue weighted by molar-refractivity contribution is 5.95. The van der Waals surface area contributed by atoms with Gasteiger partial charge >= 0.3 is 0 Å². The van der Waals surface area contributed by atoms with E-state index >= 15 is 0 Å². The predicted molar refractivity (Wildman–Crippen MR) is 73.1 cm³/mol. The fourth-order valence-electron chi connectivity index (χ4n) is 2.29. The molecule has 5 nitrogen and oxygen atoms in total. The maximum Gasteiger partial charge on any atom is 0.188 e. The van der Waals surface area contributed by atoms with Gasteiger partial charge in [-0.1, -0.05) is 29.4 Å². The third kappa shape index (κ3) is 2.10. The molecule has 0 amide bonds. The summed E-state index contributed by atoms with van der Waals surface area (Å²) in [6.07, 6.45) is 1.75. The molecule has 0 saturated carbocycles. The molecule has 96 valence electrons. The second kappa shape index (κ2) is 4.61. The van der Waals surface area contributed by atoms with Crippen LogP contribution in [0.2, 0.25) is 0 Å². The number of benzene rings is 1. The lowest BCUT2D eigenvalue weighted by Crippen LogP contribution is -2.17. The number of nitrogens with two attached hydrogens (primary N) is 1. The van der Waals surface area contributed by atoms with Crippen molar-refractivity contribution in [2.75, 3.05) is 4.90 Å². The van der Waals surface area contributed by atoms with Crippen LogP contribution in [0.5, 0.6) is 0 Å². The Morgan fingerprint density at radius 3 is 2.37 bits per heavy atom. The molecule has 0 bridgehead atoms. The molecule has 19 heavy (non-hydrogen) atoms. The number of anilines is 1. The number of aromatic nitrogens is 1. The lowest BCUT2D eigenvalue weighted by Gasteiger charge is -2.17. The van der Waals surface area contributed by atoms with E-state index < -0.39 is 0 Å². The highest BCUT2D eigenvalue weighted by Gasteiger charge is 2.18. The Bertz CT molecular complexity index is 597. The van der Waals surface area contributed by atoms with Crippen molar-refractivity contribution in [1.29, 1.82) is 0 Å². The van der Waals surface area contributed by atoms with Crippen LogP contribution in [0, 0.1) is 0 Å².